The van der Waals surface area contributed by atoms with Crippen LogP contribution >= 0.6 is 0 Å². The maximum absolute atomic E-state index is 11.8. The Kier molecular flexibility index (Phi) is 31.8. The normalized spacial score (nSPS) is 24.5. The summed E-state index contributed by atoms with van der Waals surface area (Å²) in [5, 5.41) is 1.94. The number of aromatic nitrogens is 1. The number of hydroxylamine groups is 2. The highest BCUT2D eigenvalue weighted by Crippen LogP contribution is 2.34. The molecule has 0 aliphatic carbocycles. The molecule has 6 atom stereocenters. The lowest BCUT2D eigenvalue weighted by molar-refractivity contribution is -0.158. The topological polar surface area (TPSA) is 150 Å². The molecule has 9 saturated heterocycles. The molecule has 0 saturated carbocycles. The molecule has 17 nitrogen and oxygen atoms in total. The summed E-state index contributed by atoms with van der Waals surface area (Å²) in [5.74, 6) is 3.21. The van der Waals surface area contributed by atoms with Crippen LogP contribution in [0.2, 0.25) is 0 Å². The van der Waals surface area contributed by atoms with Crippen molar-refractivity contribution in [1.82, 2.24) is 39.4 Å². The van der Waals surface area contributed by atoms with Gasteiger partial charge in [-0.05, 0) is 100 Å². The van der Waals surface area contributed by atoms with Gasteiger partial charge >= 0.3 is 0 Å². The molecule has 17 heteroatoms. The van der Waals surface area contributed by atoms with Gasteiger partial charge < -0.3 is 48.3 Å². The van der Waals surface area contributed by atoms with E-state index in [0.717, 1.165) is 123 Å². The highest BCUT2D eigenvalue weighted by atomic mass is 16.7. The molecule has 0 radical (unpaired) electrons. The van der Waals surface area contributed by atoms with E-state index in [0.29, 0.717) is 79.0 Å². The number of amides is 4. The second-order valence-corrected chi connectivity index (χ2v) is 27.9. The first-order valence-electron chi connectivity index (χ1n) is 34.4. The third-order valence-corrected chi connectivity index (χ3v) is 18.3. The number of hydrogen-bond acceptors (Lipinski definition) is 13. The number of ether oxygens (including phenoxy) is 4. The number of fused-ring (bicyclic) bond motifs is 7. The van der Waals surface area contributed by atoms with E-state index in [9.17, 15) is 19.2 Å². The van der Waals surface area contributed by atoms with E-state index in [1.165, 1.54) is 81.2 Å². The molecule has 0 spiro atoms. The second kappa shape index (κ2) is 37.7. The van der Waals surface area contributed by atoms with Crippen LogP contribution < -0.4 is 0 Å². The molecule has 0 aromatic carbocycles. The zero-order chi connectivity index (χ0) is 64.6. The molecule has 1 aromatic heterocycles. The third-order valence-electron chi connectivity index (χ3n) is 18.3. The van der Waals surface area contributed by atoms with E-state index in [-0.39, 0.29) is 35.5 Å². The molecule has 11 rings (SSSR count). The van der Waals surface area contributed by atoms with Gasteiger partial charge in [0.25, 0.3) is 0 Å². The fourth-order valence-electron chi connectivity index (χ4n) is 12.8. The molecule has 0 N–H and O–H groups in total. The average Bonchev–Trinajstić information content (AvgIpc) is 3.13. The first-order chi connectivity index (χ1) is 41.9. The van der Waals surface area contributed by atoms with Crippen molar-refractivity contribution < 1.29 is 43.0 Å². The summed E-state index contributed by atoms with van der Waals surface area (Å²) < 4.78 is 21.8. The molecule has 6 bridgehead atoms. The number of morpholine rings is 3. The Balaban J connectivity index is 0.000000187. The standard InChI is InChI=1S/C12H21NO.C11H14N2O.C10H17NO2.C10H17NO.C10H19NO.C9H17NO2.C9H17NO/c1-9(2)10(3)13-11-5-4-6-12(13)8-14-7-11;1-8(2)11(14)13-6-9-4-3-5-12-10(9)7-13;1-7(2)10(12)11-8-3-4-9(11)6-13-5-8;1-7(2)8(3)11-5-10-4-9(11)6-12-10;1-9(2)10(12)11-7-5-3-4-6-8-11;1-8(2)9(11)10-4-3-6-12-7-5-10;1-8(2)9(3)10-6-4-5-7-11-10/h9,11-12H,3-8H2,1-2H3;3-5,8H,6-7H2,1-2H3;7-9H,3-6H2,1-2H3;7,9-10H,3-6H2,1-2H3;9H,3-8H2,1-2H3;8H,3-7H2,1-2H3;8H,3-7H2,1-2H3. The molecule has 10 aliphatic heterocycles. The van der Waals surface area contributed by atoms with Crippen LogP contribution in [0.25, 0.3) is 0 Å². The summed E-state index contributed by atoms with van der Waals surface area (Å²) in [4.78, 5) is 69.2. The number of carbonyl (C=O) groups is 4. The van der Waals surface area contributed by atoms with E-state index in [2.05, 4.69) is 81.0 Å². The molecule has 88 heavy (non-hydrogen) atoms. The lowest BCUT2D eigenvalue weighted by Crippen LogP contribution is -2.54. The van der Waals surface area contributed by atoms with Gasteiger partial charge in [0.2, 0.25) is 23.6 Å². The molecular weight excluding hydrogens is 1110 g/mol. The van der Waals surface area contributed by atoms with Gasteiger partial charge in [0.15, 0.2) is 0 Å². The fourth-order valence-corrected chi connectivity index (χ4v) is 12.8. The summed E-state index contributed by atoms with van der Waals surface area (Å²) in [7, 11) is 0. The Morgan fingerprint density at radius 1 is 0.466 bits per heavy atom. The zero-order valence-electron chi connectivity index (χ0n) is 57.6. The fraction of sp³-hybridized carbons (Fsp3) is 0.789. The molecular formula is C71H122N8O9. The van der Waals surface area contributed by atoms with Gasteiger partial charge in [-0.2, -0.15) is 0 Å². The maximum Gasteiger partial charge on any atom is 0.225 e. The van der Waals surface area contributed by atoms with Gasteiger partial charge in [0.05, 0.1) is 94.8 Å². The number of nitrogens with zero attached hydrogens (tertiary/aromatic N) is 8. The van der Waals surface area contributed by atoms with Crippen LogP contribution in [0.4, 0.5) is 0 Å². The van der Waals surface area contributed by atoms with E-state index in [1.54, 1.807) is 6.20 Å². The quantitative estimate of drug-likeness (QED) is 0.219. The van der Waals surface area contributed by atoms with Crippen molar-refractivity contribution in [2.45, 2.75) is 230 Å². The first-order valence-corrected chi connectivity index (χ1v) is 34.4. The Morgan fingerprint density at radius 2 is 0.977 bits per heavy atom. The van der Waals surface area contributed by atoms with Crippen LogP contribution in [-0.2, 0) is 56.1 Å². The number of rotatable bonds is 10. The summed E-state index contributed by atoms with van der Waals surface area (Å²) >= 11 is 0. The van der Waals surface area contributed by atoms with Crippen LogP contribution in [0, 0.1) is 41.4 Å². The number of allylic oxidation sites excluding steroid dienone is 3. The van der Waals surface area contributed by atoms with Gasteiger partial charge in [0, 0.05) is 99.4 Å². The van der Waals surface area contributed by atoms with Gasteiger partial charge in [0.1, 0.15) is 0 Å². The second-order valence-electron chi connectivity index (χ2n) is 27.9. The lowest BCUT2D eigenvalue weighted by Gasteiger charge is -2.49. The van der Waals surface area contributed by atoms with Crippen molar-refractivity contribution in [3.05, 3.63) is 66.4 Å². The Bertz CT molecular complexity index is 2200. The van der Waals surface area contributed by atoms with Crippen molar-refractivity contribution in [2.24, 2.45) is 41.4 Å². The van der Waals surface area contributed by atoms with Gasteiger partial charge in [-0.25, -0.2) is 0 Å². The van der Waals surface area contributed by atoms with Crippen molar-refractivity contribution in [2.75, 3.05) is 92.1 Å². The number of likely N-dealkylation sites (tertiary alicyclic amines) is 2. The number of hydrogen-bond donors (Lipinski definition) is 0. The van der Waals surface area contributed by atoms with E-state index < -0.39 is 0 Å². The van der Waals surface area contributed by atoms with Crippen LogP contribution in [-0.4, -0.2) is 192 Å². The van der Waals surface area contributed by atoms with Crippen LogP contribution in [0.3, 0.4) is 0 Å². The summed E-state index contributed by atoms with van der Waals surface area (Å²) in [6.45, 7) is 54.7. The van der Waals surface area contributed by atoms with Crippen LogP contribution in [0.5, 0.6) is 0 Å². The number of carbonyl (C=O) groups excluding carboxylic acids is 4. The molecule has 1 aromatic rings. The monoisotopic (exact) mass is 1230 g/mol. The number of piperidine rings is 1. The van der Waals surface area contributed by atoms with Gasteiger partial charge in [-0.15, -0.1) is 0 Å². The van der Waals surface area contributed by atoms with Crippen molar-refractivity contribution >= 4 is 23.6 Å². The van der Waals surface area contributed by atoms with Crippen molar-refractivity contribution in [3.8, 4) is 0 Å². The summed E-state index contributed by atoms with van der Waals surface area (Å²) in [5.41, 5.74) is 5.92. The van der Waals surface area contributed by atoms with E-state index in [1.807, 2.05) is 87.3 Å². The molecule has 4 amide bonds. The highest BCUT2D eigenvalue weighted by Gasteiger charge is 2.42. The molecule has 6 unspecified atom stereocenters. The van der Waals surface area contributed by atoms with Crippen molar-refractivity contribution in [3.63, 3.8) is 0 Å². The minimum absolute atomic E-state index is 0.0734. The SMILES string of the molecule is C=C(C(C)C)N1C2CCCC1COC2.C=C(C(C)C)N1CC2CC1CO2.C=C(C(C)C)N1CCCCO1.CC(C)C(=O)N1C2CCC1COC2.CC(C)C(=O)N1CCCCCC1.CC(C)C(=O)N1CCCOCC1.CC(C)C(=O)N1Cc2cccnc2C1. The summed E-state index contributed by atoms with van der Waals surface area (Å²) in [6, 6.07) is 6.54. The Morgan fingerprint density at radius 3 is 1.45 bits per heavy atom. The highest BCUT2D eigenvalue weighted by molar-refractivity contribution is 5.80. The minimum atomic E-state index is 0.0734. The Hall–Kier alpha value is -4.55. The minimum Gasteiger partial charge on any atom is -0.380 e. The Labute approximate surface area is 533 Å². The van der Waals surface area contributed by atoms with E-state index >= 15 is 0 Å². The first kappa shape index (κ1) is 74.2. The number of pyridine rings is 1. The predicted molar refractivity (Wildman–Crippen MR) is 352 cm³/mol. The largest absolute Gasteiger partial charge is 0.380 e. The van der Waals surface area contributed by atoms with Gasteiger partial charge in [-0.1, -0.05) is 136 Å². The van der Waals surface area contributed by atoms with Crippen LogP contribution in [0.1, 0.15) is 192 Å². The van der Waals surface area contributed by atoms with Gasteiger partial charge in [-0.3, -0.25) is 34.1 Å². The lowest BCUT2D eigenvalue weighted by atomic mass is 9.92. The third kappa shape index (κ3) is 22.7. The molecule has 11 heterocycles. The molecule has 9 fully saturated rings. The smallest absolute Gasteiger partial charge is 0.225 e. The van der Waals surface area contributed by atoms with Crippen LogP contribution in [0.15, 0.2) is 55.2 Å². The molecule has 500 valence electrons. The zero-order valence-corrected chi connectivity index (χ0v) is 57.6. The predicted octanol–water partition coefficient (Wildman–Crippen LogP) is 11.8. The summed E-state index contributed by atoms with van der Waals surface area (Å²) in [6.07, 6.45) is 18.0. The van der Waals surface area contributed by atoms with Crippen molar-refractivity contribution in [1.29, 1.82) is 0 Å². The molecule has 10 aliphatic rings. The maximum atomic E-state index is 11.8. The van der Waals surface area contributed by atoms with E-state index in [4.69, 9.17) is 23.8 Å². The average molecular weight is 1230 g/mol.